The van der Waals surface area contributed by atoms with Crippen LogP contribution in [0.15, 0.2) is 36.4 Å². The molecule has 0 unspecified atom stereocenters. The number of amides is 2. The summed E-state index contributed by atoms with van der Waals surface area (Å²) in [7, 11) is 1.59. The van der Waals surface area contributed by atoms with Crippen molar-refractivity contribution in [2.24, 2.45) is 5.41 Å². The first-order chi connectivity index (χ1) is 13.6. The minimum atomic E-state index is -0.197. The molecule has 0 saturated carbocycles. The van der Waals surface area contributed by atoms with Gasteiger partial charge in [-0.1, -0.05) is 0 Å². The maximum absolute atomic E-state index is 12.8. The summed E-state index contributed by atoms with van der Waals surface area (Å²) in [4.78, 5) is 27.8. The van der Waals surface area contributed by atoms with Gasteiger partial charge in [0.1, 0.15) is 5.75 Å². The number of anilines is 1. The SMILES string of the molecule is COc1ccc(C(=O)Nc2ccc(C(=O)N3CCC4(CCNC4)CC3)s2)cc1.Cl. The maximum atomic E-state index is 12.8. The molecular weight excluding hydrogens is 410 g/mol. The number of benzene rings is 1. The quantitative estimate of drug-likeness (QED) is 0.769. The van der Waals surface area contributed by atoms with E-state index >= 15 is 0 Å². The number of carbonyl (C=O) groups excluding carboxylic acids is 2. The van der Waals surface area contributed by atoms with Crippen molar-refractivity contribution in [2.75, 3.05) is 38.6 Å². The van der Waals surface area contributed by atoms with E-state index in [1.165, 1.54) is 17.8 Å². The molecular formula is C21H26ClN3O3S. The molecule has 3 heterocycles. The van der Waals surface area contributed by atoms with Gasteiger partial charge in [0, 0.05) is 25.2 Å². The van der Waals surface area contributed by atoms with E-state index in [9.17, 15) is 9.59 Å². The fourth-order valence-electron chi connectivity index (χ4n) is 4.01. The molecule has 2 N–H and O–H groups in total. The maximum Gasteiger partial charge on any atom is 0.263 e. The van der Waals surface area contributed by atoms with E-state index in [1.807, 2.05) is 4.90 Å². The van der Waals surface area contributed by atoms with Crippen LogP contribution in [0.25, 0.3) is 0 Å². The predicted octanol–water partition coefficient (Wildman–Crippen LogP) is 3.65. The minimum absolute atomic E-state index is 0. The Labute approximate surface area is 181 Å². The normalized spacial score (nSPS) is 17.6. The summed E-state index contributed by atoms with van der Waals surface area (Å²) < 4.78 is 5.11. The summed E-state index contributed by atoms with van der Waals surface area (Å²) in [6.07, 6.45) is 3.35. The van der Waals surface area contributed by atoms with Gasteiger partial charge in [0.25, 0.3) is 11.8 Å². The molecule has 1 spiro atoms. The van der Waals surface area contributed by atoms with E-state index in [1.54, 1.807) is 43.5 Å². The van der Waals surface area contributed by atoms with Gasteiger partial charge in [-0.2, -0.15) is 0 Å². The number of hydrogen-bond donors (Lipinski definition) is 2. The second kappa shape index (κ2) is 9.15. The Morgan fingerprint density at radius 1 is 1.10 bits per heavy atom. The van der Waals surface area contributed by atoms with E-state index in [0.29, 0.717) is 26.6 Å². The molecule has 2 fully saturated rings. The lowest BCUT2D eigenvalue weighted by molar-refractivity contribution is 0.0612. The predicted molar refractivity (Wildman–Crippen MR) is 118 cm³/mol. The Bertz CT molecular complexity index is 852. The number of rotatable bonds is 4. The number of likely N-dealkylation sites (tertiary alicyclic amines) is 1. The Kier molecular flexibility index (Phi) is 6.82. The molecule has 6 nitrogen and oxygen atoms in total. The van der Waals surface area contributed by atoms with Crippen LogP contribution in [-0.2, 0) is 0 Å². The topological polar surface area (TPSA) is 70.7 Å². The lowest BCUT2D eigenvalue weighted by atomic mass is 9.78. The summed E-state index contributed by atoms with van der Waals surface area (Å²) in [6.45, 7) is 3.80. The van der Waals surface area contributed by atoms with Crippen molar-refractivity contribution in [1.29, 1.82) is 0 Å². The van der Waals surface area contributed by atoms with E-state index in [4.69, 9.17) is 4.74 Å². The summed E-state index contributed by atoms with van der Waals surface area (Å²) in [5.74, 6) is 0.574. The number of nitrogens with one attached hydrogen (secondary N) is 2. The molecule has 0 aliphatic carbocycles. The second-order valence-electron chi connectivity index (χ2n) is 7.57. The summed E-state index contributed by atoms with van der Waals surface area (Å²) in [5.41, 5.74) is 0.942. The molecule has 2 aromatic rings. The van der Waals surface area contributed by atoms with E-state index in [2.05, 4.69) is 10.6 Å². The van der Waals surface area contributed by atoms with Crippen LogP contribution in [0, 0.1) is 5.41 Å². The third-order valence-electron chi connectivity index (χ3n) is 5.85. The van der Waals surface area contributed by atoms with Crippen LogP contribution < -0.4 is 15.4 Å². The first-order valence-electron chi connectivity index (χ1n) is 9.64. The fourth-order valence-corrected chi connectivity index (χ4v) is 4.88. The molecule has 4 rings (SSSR count). The zero-order valence-corrected chi connectivity index (χ0v) is 18.0. The van der Waals surface area contributed by atoms with Crippen LogP contribution in [-0.4, -0.2) is 50.0 Å². The molecule has 2 amide bonds. The third kappa shape index (κ3) is 4.74. The van der Waals surface area contributed by atoms with Crippen molar-refractivity contribution in [1.82, 2.24) is 10.2 Å². The van der Waals surface area contributed by atoms with Gasteiger partial charge in [-0.05, 0) is 67.6 Å². The van der Waals surface area contributed by atoms with E-state index in [-0.39, 0.29) is 24.2 Å². The molecule has 1 aromatic heterocycles. The summed E-state index contributed by atoms with van der Waals surface area (Å²) in [5, 5.41) is 7.00. The molecule has 2 aliphatic heterocycles. The number of nitrogens with zero attached hydrogens (tertiary/aromatic N) is 1. The van der Waals surface area contributed by atoms with Crippen LogP contribution in [0.2, 0.25) is 0 Å². The molecule has 0 radical (unpaired) electrons. The number of thiophene rings is 1. The smallest absolute Gasteiger partial charge is 0.263 e. The molecule has 0 bridgehead atoms. The van der Waals surface area contributed by atoms with Crippen molar-refractivity contribution in [3.8, 4) is 5.75 Å². The number of piperidine rings is 1. The van der Waals surface area contributed by atoms with Crippen LogP contribution in [0.4, 0.5) is 5.00 Å². The zero-order valence-electron chi connectivity index (χ0n) is 16.4. The lowest BCUT2D eigenvalue weighted by Crippen LogP contribution is -2.43. The van der Waals surface area contributed by atoms with Crippen molar-refractivity contribution in [3.63, 3.8) is 0 Å². The molecule has 29 heavy (non-hydrogen) atoms. The third-order valence-corrected chi connectivity index (χ3v) is 6.84. The molecule has 2 aliphatic rings. The first-order valence-corrected chi connectivity index (χ1v) is 10.5. The van der Waals surface area contributed by atoms with Gasteiger partial charge in [0.05, 0.1) is 17.0 Å². The van der Waals surface area contributed by atoms with Crippen molar-refractivity contribution in [3.05, 3.63) is 46.8 Å². The highest BCUT2D eigenvalue weighted by atomic mass is 35.5. The zero-order chi connectivity index (χ0) is 19.6. The number of carbonyl (C=O) groups is 2. The molecule has 156 valence electrons. The molecule has 8 heteroatoms. The Morgan fingerprint density at radius 2 is 1.83 bits per heavy atom. The summed E-state index contributed by atoms with van der Waals surface area (Å²) >= 11 is 1.33. The van der Waals surface area contributed by atoms with Gasteiger partial charge in [-0.3, -0.25) is 9.59 Å². The van der Waals surface area contributed by atoms with Crippen molar-refractivity contribution < 1.29 is 14.3 Å². The minimum Gasteiger partial charge on any atom is -0.497 e. The van der Waals surface area contributed by atoms with Crippen LogP contribution in [0.1, 0.15) is 39.3 Å². The van der Waals surface area contributed by atoms with Crippen LogP contribution in [0.5, 0.6) is 5.75 Å². The highest BCUT2D eigenvalue weighted by Gasteiger charge is 2.38. The largest absolute Gasteiger partial charge is 0.497 e. The van der Waals surface area contributed by atoms with Gasteiger partial charge >= 0.3 is 0 Å². The Balaban J connectivity index is 0.00000240. The van der Waals surface area contributed by atoms with Gasteiger partial charge in [-0.25, -0.2) is 0 Å². The van der Waals surface area contributed by atoms with Gasteiger partial charge in [0.2, 0.25) is 0 Å². The highest BCUT2D eigenvalue weighted by molar-refractivity contribution is 7.18. The molecule has 1 aromatic carbocycles. The summed E-state index contributed by atoms with van der Waals surface area (Å²) in [6, 6.07) is 10.5. The number of hydrogen-bond acceptors (Lipinski definition) is 5. The number of methoxy groups -OCH3 is 1. The average Bonchev–Trinajstić information content (AvgIpc) is 3.38. The van der Waals surface area contributed by atoms with Crippen LogP contribution >= 0.6 is 23.7 Å². The van der Waals surface area contributed by atoms with Gasteiger partial charge < -0.3 is 20.3 Å². The lowest BCUT2D eigenvalue weighted by Gasteiger charge is -2.38. The number of halogens is 1. The van der Waals surface area contributed by atoms with Gasteiger partial charge in [0.15, 0.2) is 0 Å². The highest BCUT2D eigenvalue weighted by Crippen LogP contribution is 2.37. The Morgan fingerprint density at radius 3 is 2.45 bits per heavy atom. The Hall–Kier alpha value is -2.09. The monoisotopic (exact) mass is 435 g/mol. The van der Waals surface area contributed by atoms with E-state index in [0.717, 1.165) is 39.0 Å². The van der Waals surface area contributed by atoms with Gasteiger partial charge in [-0.15, -0.1) is 23.7 Å². The molecule has 2 saturated heterocycles. The van der Waals surface area contributed by atoms with E-state index < -0.39 is 0 Å². The standard InChI is InChI=1S/C21H25N3O3S.ClH/c1-27-16-4-2-15(3-5-16)19(25)23-18-7-6-17(28-18)20(26)24-12-9-21(10-13-24)8-11-22-14-21;/h2-7,22H,8-14H2,1H3,(H,23,25);1H. The average molecular weight is 436 g/mol. The fraction of sp³-hybridized carbons (Fsp3) is 0.429. The first kappa shape index (κ1) is 21.6. The van der Waals surface area contributed by atoms with Crippen molar-refractivity contribution in [2.45, 2.75) is 19.3 Å². The van der Waals surface area contributed by atoms with Crippen LogP contribution in [0.3, 0.4) is 0 Å². The van der Waals surface area contributed by atoms with Crippen molar-refractivity contribution >= 4 is 40.6 Å². The number of ether oxygens (including phenoxy) is 1. The second-order valence-corrected chi connectivity index (χ2v) is 8.65. The molecule has 0 atom stereocenters.